The number of nitrogens with zero attached hydrogens (tertiary/aromatic N) is 2. The predicted molar refractivity (Wildman–Crippen MR) is 118 cm³/mol. The van der Waals surface area contributed by atoms with Crippen molar-refractivity contribution in [3.05, 3.63) is 63.1 Å². The first kappa shape index (κ1) is 18.9. The molecule has 136 valence electrons. The van der Waals surface area contributed by atoms with Crippen LogP contribution in [-0.2, 0) is 0 Å². The Hall–Kier alpha value is -1.87. The summed E-state index contributed by atoms with van der Waals surface area (Å²) in [6.45, 7) is 14.3. The van der Waals surface area contributed by atoms with Gasteiger partial charge in [0.1, 0.15) is 0 Å². The minimum absolute atomic E-state index is 0.0441. The van der Waals surface area contributed by atoms with Crippen molar-refractivity contribution in [2.45, 2.75) is 47.1 Å². The molecule has 3 rings (SSSR count). The molecule has 0 saturated heterocycles. The Balaban J connectivity index is 2.04. The molecule has 0 amide bonds. The van der Waals surface area contributed by atoms with E-state index in [1.807, 2.05) is 12.3 Å². The lowest BCUT2D eigenvalue weighted by molar-refractivity contribution is 0.566. The Kier molecular flexibility index (Phi) is 5.12. The van der Waals surface area contributed by atoms with Crippen LogP contribution in [0.5, 0.6) is 0 Å². The van der Waals surface area contributed by atoms with Crippen LogP contribution in [-0.4, -0.2) is 18.3 Å². The van der Waals surface area contributed by atoms with E-state index in [0.717, 1.165) is 16.7 Å². The first-order valence-corrected chi connectivity index (χ1v) is 9.94. The molecule has 2 nitrogen and oxygen atoms in total. The third kappa shape index (κ3) is 3.50. The third-order valence-corrected chi connectivity index (χ3v) is 5.68. The van der Waals surface area contributed by atoms with Gasteiger partial charge in [0.05, 0.1) is 11.2 Å². The summed E-state index contributed by atoms with van der Waals surface area (Å²) in [6, 6.07) is 10.8. The van der Waals surface area contributed by atoms with Crippen LogP contribution in [0.4, 0.5) is 11.4 Å². The third-order valence-electron chi connectivity index (χ3n) is 5.18. The minimum atomic E-state index is 0.0441. The summed E-state index contributed by atoms with van der Waals surface area (Å²) in [4.78, 5) is 7.22. The zero-order chi connectivity index (χ0) is 19.1. The highest BCUT2D eigenvalue weighted by Gasteiger charge is 2.30. The smallest absolute Gasteiger partial charge is 0.0659 e. The largest absolute Gasteiger partial charge is 0.363 e. The van der Waals surface area contributed by atoms with Gasteiger partial charge in [0.15, 0.2) is 0 Å². The fraction of sp³-hybridized carbons (Fsp3) is 0.348. The Morgan fingerprint density at radius 1 is 1.08 bits per heavy atom. The quantitative estimate of drug-likeness (QED) is 0.505. The Bertz CT molecular complexity index is 907. The molecule has 26 heavy (non-hydrogen) atoms. The lowest BCUT2D eigenvalue weighted by Gasteiger charge is -2.43. The number of aryl methyl sites for hydroxylation is 2. The summed E-state index contributed by atoms with van der Waals surface area (Å²) < 4.78 is 1.09. The number of benzene rings is 2. The summed E-state index contributed by atoms with van der Waals surface area (Å²) in [6.07, 6.45) is 4.36. The van der Waals surface area contributed by atoms with Crippen LogP contribution in [0.15, 0.2) is 45.9 Å². The highest BCUT2D eigenvalue weighted by atomic mass is 79.9. The van der Waals surface area contributed by atoms with Crippen molar-refractivity contribution < 1.29 is 0 Å². The SMILES string of the molecule is CCN1c2cc(C)c(C=Nc3ccc(Br)cc3C)cc2C(C)=CC1(C)C. The van der Waals surface area contributed by atoms with Crippen molar-refractivity contribution in [3.8, 4) is 0 Å². The number of halogens is 1. The van der Waals surface area contributed by atoms with Crippen molar-refractivity contribution in [1.82, 2.24) is 0 Å². The van der Waals surface area contributed by atoms with Gasteiger partial charge >= 0.3 is 0 Å². The molecule has 1 aliphatic heterocycles. The molecule has 0 fully saturated rings. The van der Waals surface area contributed by atoms with Crippen LogP contribution in [0.3, 0.4) is 0 Å². The molecule has 0 aromatic heterocycles. The summed E-state index contributed by atoms with van der Waals surface area (Å²) >= 11 is 3.51. The van der Waals surface area contributed by atoms with Gasteiger partial charge in [-0.25, -0.2) is 0 Å². The number of fused-ring (bicyclic) bond motifs is 1. The van der Waals surface area contributed by atoms with E-state index < -0.39 is 0 Å². The molecule has 0 N–H and O–H groups in total. The van der Waals surface area contributed by atoms with Crippen molar-refractivity contribution >= 4 is 39.1 Å². The molecule has 0 saturated carbocycles. The van der Waals surface area contributed by atoms with Crippen LogP contribution < -0.4 is 4.90 Å². The molecule has 1 aliphatic rings. The second kappa shape index (κ2) is 7.03. The molecule has 0 unspecified atom stereocenters. The van der Waals surface area contributed by atoms with Gasteiger partial charge in [0, 0.05) is 28.5 Å². The summed E-state index contributed by atoms with van der Waals surface area (Å²) in [5, 5.41) is 0. The van der Waals surface area contributed by atoms with E-state index in [9.17, 15) is 0 Å². The van der Waals surface area contributed by atoms with Gasteiger partial charge in [0.25, 0.3) is 0 Å². The Morgan fingerprint density at radius 3 is 2.46 bits per heavy atom. The maximum atomic E-state index is 4.74. The van der Waals surface area contributed by atoms with Gasteiger partial charge < -0.3 is 4.90 Å². The Labute approximate surface area is 165 Å². The zero-order valence-corrected chi connectivity index (χ0v) is 18.1. The second-order valence-corrected chi connectivity index (χ2v) is 8.56. The van der Waals surface area contributed by atoms with Gasteiger partial charge in [-0.3, -0.25) is 4.99 Å². The van der Waals surface area contributed by atoms with E-state index in [4.69, 9.17) is 4.99 Å². The summed E-state index contributed by atoms with van der Waals surface area (Å²) in [5.41, 5.74) is 8.63. The van der Waals surface area contributed by atoms with Crippen LogP contribution in [0.2, 0.25) is 0 Å². The zero-order valence-electron chi connectivity index (χ0n) is 16.5. The van der Waals surface area contributed by atoms with Crippen molar-refractivity contribution in [2.75, 3.05) is 11.4 Å². The van der Waals surface area contributed by atoms with Crippen molar-refractivity contribution in [3.63, 3.8) is 0 Å². The van der Waals surface area contributed by atoms with Crippen molar-refractivity contribution in [2.24, 2.45) is 4.99 Å². The van der Waals surface area contributed by atoms with Crippen LogP contribution in [0, 0.1) is 13.8 Å². The van der Waals surface area contributed by atoms with Crippen LogP contribution in [0.1, 0.15) is 49.9 Å². The molecule has 3 heteroatoms. The van der Waals surface area contributed by atoms with E-state index in [1.54, 1.807) is 0 Å². The highest BCUT2D eigenvalue weighted by molar-refractivity contribution is 9.10. The monoisotopic (exact) mass is 410 g/mol. The van der Waals surface area contributed by atoms with Crippen LogP contribution >= 0.6 is 15.9 Å². The van der Waals surface area contributed by atoms with Gasteiger partial charge in [-0.1, -0.05) is 22.0 Å². The van der Waals surface area contributed by atoms with Gasteiger partial charge in [-0.05, 0) is 94.1 Å². The average Bonchev–Trinajstić information content (AvgIpc) is 2.54. The number of hydrogen-bond donors (Lipinski definition) is 0. The number of likely N-dealkylation sites (N-methyl/N-ethyl adjacent to an activating group) is 1. The predicted octanol–water partition coefficient (Wildman–Crippen LogP) is 6.84. The number of rotatable bonds is 3. The summed E-state index contributed by atoms with van der Waals surface area (Å²) in [7, 11) is 0. The molecule has 2 aromatic carbocycles. The molecule has 1 heterocycles. The van der Waals surface area contributed by atoms with E-state index in [0.29, 0.717) is 0 Å². The lowest BCUT2D eigenvalue weighted by Crippen LogP contribution is -2.45. The van der Waals surface area contributed by atoms with E-state index in [1.165, 1.54) is 33.5 Å². The number of aliphatic imine (C=N–C) groups is 1. The topological polar surface area (TPSA) is 15.6 Å². The highest BCUT2D eigenvalue weighted by Crippen LogP contribution is 2.40. The molecule has 0 bridgehead atoms. The van der Waals surface area contributed by atoms with Gasteiger partial charge in [0.2, 0.25) is 0 Å². The second-order valence-electron chi connectivity index (χ2n) is 7.64. The maximum absolute atomic E-state index is 4.74. The first-order chi connectivity index (χ1) is 12.2. The molecule has 0 atom stereocenters. The Morgan fingerprint density at radius 2 is 1.81 bits per heavy atom. The number of allylic oxidation sites excluding steroid dienone is 1. The molecular weight excluding hydrogens is 384 g/mol. The van der Waals surface area contributed by atoms with E-state index in [-0.39, 0.29) is 5.54 Å². The molecule has 0 radical (unpaired) electrons. The summed E-state index contributed by atoms with van der Waals surface area (Å²) in [5.74, 6) is 0. The number of anilines is 1. The normalized spacial score (nSPS) is 16.0. The lowest BCUT2D eigenvalue weighted by atomic mass is 9.87. The molecule has 2 aromatic rings. The van der Waals surface area contributed by atoms with Gasteiger partial charge in [-0.2, -0.15) is 0 Å². The molecule has 0 spiro atoms. The average molecular weight is 411 g/mol. The van der Waals surface area contributed by atoms with Gasteiger partial charge in [-0.15, -0.1) is 0 Å². The van der Waals surface area contributed by atoms with Crippen molar-refractivity contribution in [1.29, 1.82) is 0 Å². The van der Waals surface area contributed by atoms with E-state index in [2.05, 4.69) is 92.7 Å². The maximum Gasteiger partial charge on any atom is 0.0659 e. The van der Waals surface area contributed by atoms with E-state index >= 15 is 0 Å². The molecule has 0 aliphatic carbocycles. The number of hydrogen-bond acceptors (Lipinski definition) is 2. The fourth-order valence-electron chi connectivity index (χ4n) is 3.86. The minimum Gasteiger partial charge on any atom is -0.363 e. The molecular formula is C23H27BrN2. The fourth-order valence-corrected chi connectivity index (χ4v) is 4.34. The van der Waals surface area contributed by atoms with Crippen LogP contribution in [0.25, 0.3) is 5.57 Å². The standard InChI is InChI=1S/C23H27BrN2/c1-7-26-22-11-15(2)18(12-20(22)17(4)13-23(26,5)6)14-25-21-9-8-19(24)10-16(21)3/h8-14H,7H2,1-6H3. The first-order valence-electron chi connectivity index (χ1n) is 9.15.